The van der Waals surface area contributed by atoms with E-state index in [1.165, 1.54) is 5.56 Å². The maximum atomic E-state index is 14.3. The Morgan fingerprint density at radius 1 is 1.10 bits per heavy atom. The molecule has 1 aliphatic heterocycles. The maximum Gasteiger partial charge on any atom is 0.318 e. The highest BCUT2D eigenvalue weighted by Crippen LogP contribution is 2.52. The number of carbonyl (C=O) groups is 3. The fourth-order valence-electron chi connectivity index (χ4n) is 7.09. The number of likely N-dealkylation sites (tertiary alicyclic amines) is 1. The molecule has 0 radical (unpaired) electrons. The summed E-state index contributed by atoms with van der Waals surface area (Å²) < 4.78 is 0. The van der Waals surface area contributed by atoms with Crippen molar-refractivity contribution < 1.29 is 14.4 Å². The first-order valence-electron chi connectivity index (χ1n) is 15.1. The first-order valence-corrected chi connectivity index (χ1v) is 15.1. The van der Waals surface area contributed by atoms with Crippen molar-refractivity contribution in [2.45, 2.75) is 56.4 Å². The number of fused-ring (bicyclic) bond motifs is 3. The van der Waals surface area contributed by atoms with E-state index >= 15 is 0 Å². The Morgan fingerprint density at radius 2 is 1.79 bits per heavy atom. The number of para-hydroxylation sites is 1. The molecule has 1 spiro atoms. The molecular formula is C33H44N6O3. The smallest absolute Gasteiger partial charge is 0.318 e. The van der Waals surface area contributed by atoms with Crippen LogP contribution in [0.2, 0.25) is 0 Å². The molecule has 1 unspecified atom stereocenters. The lowest BCUT2D eigenvalue weighted by atomic mass is 9.73. The van der Waals surface area contributed by atoms with E-state index in [9.17, 15) is 14.4 Å². The minimum atomic E-state index is -0.739. The molecule has 2 heterocycles. The van der Waals surface area contributed by atoms with Gasteiger partial charge in [-0.3, -0.25) is 9.59 Å². The van der Waals surface area contributed by atoms with Gasteiger partial charge in [-0.15, -0.1) is 0 Å². The average Bonchev–Trinajstić information content (AvgIpc) is 3.58. The summed E-state index contributed by atoms with van der Waals surface area (Å²) in [6.07, 6.45) is 4.27. The van der Waals surface area contributed by atoms with Gasteiger partial charge >= 0.3 is 6.03 Å². The summed E-state index contributed by atoms with van der Waals surface area (Å²) in [6, 6.07) is 15.3. The number of nitrogens with two attached hydrogens (primary N) is 1. The minimum Gasteiger partial charge on any atom is -0.361 e. The second kappa shape index (κ2) is 12.2. The number of nitrogens with one attached hydrogen (secondary N) is 2. The minimum absolute atomic E-state index is 0.0769. The SMILES string of the molecule is CCN(CCN)C(=O)NC(C(=O)N1CCC2(CC1)C[C@@H](C(=O)N(C)C)c1ccccc12)[C@H](C)c1c[nH]c2ccccc12. The van der Waals surface area contributed by atoms with Crippen molar-refractivity contribution in [2.24, 2.45) is 5.73 Å². The third kappa shape index (κ3) is 5.38. The molecule has 1 saturated heterocycles. The number of amides is 4. The average molecular weight is 573 g/mol. The van der Waals surface area contributed by atoms with Crippen molar-refractivity contribution in [3.8, 4) is 0 Å². The molecule has 224 valence electrons. The molecule has 1 aliphatic carbocycles. The quantitative estimate of drug-likeness (QED) is 0.381. The van der Waals surface area contributed by atoms with Gasteiger partial charge in [0.15, 0.2) is 0 Å². The Kier molecular flexibility index (Phi) is 8.59. The highest BCUT2D eigenvalue weighted by molar-refractivity contribution is 5.90. The van der Waals surface area contributed by atoms with Crippen LogP contribution in [0, 0.1) is 0 Å². The molecule has 0 saturated carbocycles. The van der Waals surface area contributed by atoms with E-state index in [0.717, 1.165) is 41.3 Å². The molecule has 9 nitrogen and oxygen atoms in total. The zero-order valence-corrected chi connectivity index (χ0v) is 25.2. The monoisotopic (exact) mass is 572 g/mol. The first kappa shape index (κ1) is 29.6. The number of hydrogen-bond acceptors (Lipinski definition) is 4. The summed E-state index contributed by atoms with van der Waals surface area (Å²) in [7, 11) is 3.63. The van der Waals surface area contributed by atoms with Crippen molar-refractivity contribution in [3.05, 3.63) is 71.4 Å². The summed E-state index contributed by atoms with van der Waals surface area (Å²) in [5.41, 5.74) is 9.98. The molecule has 2 aromatic carbocycles. The van der Waals surface area contributed by atoms with E-state index in [1.807, 2.05) is 69.4 Å². The summed E-state index contributed by atoms with van der Waals surface area (Å²) in [5, 5.41) is 4.13. The van der Waals surface area contributed by atoms with Crippen LogP contribution >= 0.6 is 0 Å². The Balaban J connectivity index is 1.39. The van der Waals surface area contributed by atoms with E-state index in [4.69, 9.17) is 5.73 Å². The van der Waals surface area contributed by atoms with E-state index < -0.39 is 6.04 Å². The van der Waals surface area contributed by atoms with E-state index in [2.05, 4.69) is 28.5 Å². The molecule has 2 aliphatic rings. The van der Waals surface area contributed by atoms with Crippen LogP contribution in [-0.4, -0.2) is 90.4 Å². The lowest BCUT2D eigenvalue weighted by molar-refractivity contribution is -0.136. The molecule has 4 N–H and O–H groups in total. The molecule has 1 fully saturated rings. The highest BCUT2D eigenvalue weighted by Gasteiger charge is 2.49. The number of urea groups is 1. The van der Waals surface area contributed by atoms with Gasteiger partial charge in [-0.05, 0) is 48.9 Å². The van der Waals surface area contributed by atoms with Crippen molar-refractivity contribution in [1.82, 2.24) is 25.0 Å². The van der Waals surface area contributed by atoms with E-state index in [0.29, 0.717) is 32.7 Å². The fraction of sp³-hybridized carbons (Fsp3) is 0.485. The van der Waals surface area contributed by atoms with Gasteiger partial charge in [0.1, 0.15) is 6.04 Å². The number of aromatic nitrogens is 1. The fourth-order valence-corrected chi connectivity index (χ4v) is 7.09. The van der Waals surface area contributed by atoms with Crippen LogP contribution in [0.3, 0.4) is 0 Å². The number of aromatic amines is 1. The van der Waals surface area contributed by atoms with Gasteiger partial charge in [0.05, 0.1) is 5.92 Å². The molecular weight excluding hydrogens is 528 g/mol. The van der Waals surface area contributed by atoms with Gasteiger partial charge < -0.3 is 30.7 Å². The van der Waals surface area contributed by atoms with Crippen LogP contribution in [0.1, 0.15) is 61.6 Å². The third-order valence-electron chi connectivity index (χ3n) is 9.50. The second-order valence-electron chi connectivity index (χ2n) is 12.1. The molecule has 1 aromatic heterocycles. The van der Waals surface area contributed by atoms with Gasteiger partial charge in [0.25, 0.3) is 0 Å². The molecule has 4 amide bonds. The van der Waals surface area contributed by atoms with Crippen molar-refractivity contribution in [1.29, 1.82) is 0 Å². The number of rotatable bonds is 8. The molecule has 3 aromatic rings. The zero-order valence-electron chi connectivity index (χ0n) is 25.2. The number of H-pyrrole nitrogens is 1. The summed E-state index contributed by atoms with van der Waals surface area (Å²) in [6.45, 7) is 6.34. The topological polar surface area (TPSA) is 115 Å². The molecule has 3 atom stereocenters. The van der Waals surface area contributed by atoms with Crippen LogP contribution in [0.4, 0.5) is 4.79 Å². The number of nitrogens with zero attached hydrogens (tertiary/aromatic N) is 3. The largest absolute Gasteiger partial charge is 0.361 e. The van der Waals surface area contributed by atoms with Crippen LogP contribution in [0.25, 0.3) is 10.9 Å². The third-order valence-corrected chi connectivity index (χ3v) is 9.50. The maximum absolute atomic E-state index is 14.3. The number of likely N-dealkylation sites (N-methyl/N-ethyl adjacent to an activating group) is 2. The predicted molar refractivity (Wildman–Crippen MR) is 165 cm³/mol. The molecule has 5 rings (SSSR count). The van der Waals surface area contributed by atoms with Gasteiger partial charge in [0, 0.05) is 75.3 Å². The zero-order chi connectivity index (χ0) is 30.0. The summed E-state index contributed by atoms with van der Waals surface area (Å²) in [4.78, 5) is 49.3. The molecule has 9 heteroatoms. The van der Waals surface area contributed by atoms with Crippen LogP contribution in [0.5, 0.6) is 0 Å². The number of piperidine rings is 1. The number of carbonyl (C=O) groups excluding carboxylic acids is 3. The van der Waals surface area contributed by atoms with Gasteiger partial charge in [-0.1, -0.05) is 49.4 Å². The lowest BCUT2D eigenvalue weighted by Crippen LogP contribution is -2.56. The predicted octanol–water partition coefficient (Wildman–Crippen LogP) is 3.77. The summed E-state index contributed by atoms with van der Waals surface area (Å²) in [5.74, 6) is -0.368. The lowest BCUT2D eigenvalue weighted by Gasteiger charge is -2.42. The first-order chi connectivity index (χ1) is 20.2. The molecule has 0 bridgehead atoms. The standard InChI is InChI=1S/C33H44N6O3/c1-5-38(19-16-34)32(42)36-29(22(2)26-21-35-28-13-9-7-11-24(26)28)31(41)39-17-14-33(15-18-39)20-25(30(40)37(3)4)23-10-6-8-12-27(23)33/h6-13,21-22,25,29,35H,5,14-20,34H2,1-4H3,(H,36,42)/t22-,25-,29?/m1/s1. The Labute approximate surface area is 248 Å². The van der Waals surface area contributed by atoms with Crippen molar-refractivity contribution in [2.75, 3.05) is 46.8 Å². The Morgan fingerprint density at radius 3 is 2.48 bits per heavy atom. The van der Waals surface area contributed by atoms with Crippen LogP contribution < -0.4 is 11.1 Å². The van der Waals surface area contributed by atoms with E-state index in [-0.39, 0.29) is 35.1 Å². The Bertz CT molecular complexity index is 1440. The Hall–Kier alpha value is -3.85. The van der Waals surface area contributed by atoms with Crippen molar-refractivity contribution in [3.63, 3.8) is 0 Å². The number of benzene rings is 2. The van der Waals surface area contributed by atoms with E-state index in [1.54, 1.807) is 9.80 Å². The van der Waals surface area contributed by atoms with Crippen molar-refractivity contribution >= 4 is 28.7 Å². The molecule has 42 heavy (non-hydrogen) atoms. The van der Waals surface area contributed by atoms with Gasteiger partial charge in [0.2, 0.25) is 11.8 Å². The highest BCUT2D eigenvalue weighted by atomic mass is 16.2. The van der Waals surface area contributed by atoms with Crippen LogP contribution in [-0.2, 0) is 15.0 Å². The summed E-state index contributed by atoms with van der Waals surface area (Å²) >= 11 is 0. The van der Waals surface area contributed by atoms with Crippen LogP contribution in [0.15, 0.2) is 54.7 Å². The van der Waals surface area contributed by atoms with Gasteiger partial charge in [-0.2, -0.15) is 0 Å². The van der Waals surface area contributed by atoms with Gasteiger partial charge in [-0.25, -0.2) is 4.79 Å². The number of hydrogen-bond donors (Lipinski definition) is 3. The normalized spacial score (nSPS) is 18.9. The second-order valence-corrected chi connectivity index (χ2v) is 12.1.